The summed E-state index contributed by atoms with van der Waals surface area (Å²) in [5.74, 6) is 0.689. The number of hydrogen-bond acceptors (Lipinski definition) is 4. The first kappa shape index (κ1) is 15.9. The number of rotatable bonds is 9. The van der Waals surface area contributed by atoms with E-state index in [9.17, 15) is 0 Å². The predicted octanol–water partition coefficient (Wildman–Crippen LogP) is 0.885. The average Bonchev–Trinajstić information content (AvgIpc) is 2.86. The quantitative estimate of drug-likeness (QED) is 0.664. The molecule has 1 aliphatic heterocycles. The molecule has 108 valence electrons. The molecule has 1 fully saturated rings. The van der Waals surface area contributed by atoms with E-state index >= 15 is 0 Å². The third-order valence-electron chi connectivity index (χ3n) is 3.76. The Hall–Kier alpha value is -0.160. The summed E-state index contributed by atoms with van der Waals surface area (Å²) in [6, 6.07) is 0.571. The van der Waals surface area contributed by atoms with Gasteiger partial charge in [-0.25, -0.2) is 0 Å². The molecule has 0 aromatic rings. The molecule has 0 amide bonds. The maximum absolute atomic E-state index is 5.51. The van der Waals surface area contributed by atoms with Gasteiger partial charge < -0.3 is 19.9 Å². The molecule has 18 heavy (non-hydrogen) atoms. The van der Waals surface area contributed by atoms with Crippen molar-refractivity contribution in [3.63, 3.8) is 0 Å². The van der Waals surface area contributed by atoms with Crippen LogP contribution in [-0.4, -0.2) is 76.4 Å². The van der Waals surface area contributed by atoms with Crippen LogP contribution < -0.4 is 5.32 Å². The number of ether oxygens (including phenoxy) is 1. The second kappa shape index (κ2) is 8.86. The highest BCUT2D eigenvalue weighted by Gasteiger charge is 2.25. The third-order valence-corrected chi connectivity index (χ3v) is 3.76. The van der Waals surface area contributed by atoms with Gasteiger partial charge in [-0.2, -0.15) is 0 Å². The monoisotopic (exact) mass is 257 g/mol. The average molecular weight is 257 g/mol. The summed E-state index contributed by atoms with van der Waals surface area (Å²) >= 11 is 0. The molecular weight excluding hydrogens is 226 g/mol. The van der Waals surface area contributed by atoms with Crippen LogP contribution in [0.15, 0.2) is 0 Å². The van der Waals surface area contributed by atoms with Crippen LogP contribution in [0.2, 0.25) is 0 Å². The minimum absolute atomic E-state index is 0.571. The second-order valence-electron chi connectivity index (χ2n) is 5.62. The number of likely N-dealkylation sites (N-methyl/N-ethyl adjacent to an activating group) is 2. The van der Waals surface area contributed by atoms with Crippen LogP contribution >= 0.6 is 0 Å². The van der Waals surface area contributed by atoms with Crippen molar-refractivity contribution in [2.24, 2.45) is 5.92 Å². The molecule has 4 nitrogen and oxygen atoms in total. The first-order valence-corrected chi connectivity index (χ1v) is 7.29. The van der Waals surface area contributed by atoms with Crippen molar-refractivity contribution in [3.8, 4) is 0 Å². The Bertz CT molecular complexity index is 205. The Labute approximate surface area is 113 Å². The zero-order valence-electron chi connectivity index (χ0n) is 12.6. The lowest BCUT2D eigenvalue weighted by molar-refractivity contribution is 0.159. The highest BCUT2D eigenvalue weighted by atomic mass is 16.5. The SMILES string of the molecule is CCCN(CCN(C)C)CC(NC)C1CCOC1. The van der Waals surface area contributed by atoms with E-state index in [0.717, 1.165) is 32.8 Å². The van der Waals surface area contributed by atoms with Gasteiger partial charge in [0.2, 0.25) is 0 Å². The maximum Gasteiger partial charge on any atom is 0.0510 e. The number of nitrogens with zero attached hydrogens (tertiary/aromatic N) is 2. The van der Waals surface area contributed by atoms with Crippen molar-refractivity contribution in [3.05, 3.63) is 0 Å². The van der Waals surface area contributed by atoms with E-state index in [0.29, 0.717) is 12.0 Å². The Morgan fingerprint density at radius 2 is 2.06 bits per heavy atom. The molecule has 1 N–H and O–H groups in total. The third kappa shape index (κ3) is 5.65. The van der Waals surface area contributed by atoms with Crippen molar-refractivity contribution in [1.29, 1.82) is 0 Å². The molecular formula is C14H31N3O. The minimum Gasteiger partial charge on any atom is -0.381 e. The molecule has 1 aliphatic rings. The van der Waals surface area contributed by atoms with Crippen LogP contribution in [0.4, 0.5) is 0 Å². The molecule has 0 spiro atoms. The van der Waals surface area contributed by atoms with Crippen LogP contribution in [0.5, 0.6) is 0 Å². The van der Waals surface area contributed by atoms with Gasteiger partial charge in [0.25, 0.3) is 0 Å². The summed E-state index contributed by atoms with van der Waals surface area (Å²) in [6.45, 7) is 8.76. The van der Waals surface area contributed by atoms with Crippen LogP contribution in [0.25, 0.3) is 0 Å². The molecule has 1 heterocycles. The molecule has 0 aromatic carbocycles. The summed E-state index contributed by atoms with van der Waals surface area (Å²) in [5, 5.41) is 3.49. The van der Waals surface area contributed by atoms with Crippen molar-refractivity contribution in [2.75, 3.05) is 60.5 Å². The van der Waals surface area contributed by atoms with E-state index in [1.807, 2.05) is 0 Å². The summed E-state index contributed by atoms with van der Waals surface area (Å²) in [7, 11) is 6.37. The van der Waals surface area contributed by atoms with Crippen LogP contribution in [0, 0.1) is 5.92 Å². The van der Waals surface area contributed by atoms with Gasteiger partial charge >= 0.3 is 0 Å². The smallest absolute Gasteiger partial charge is 0.0510 e. The molecule has 0 saturated carbocycles. The zero-order valence-corrected chi connectivity index (χ0v) is 12.6. The lowest BCUT2D eigenvalue weighted by Crippen LogP contribution is -2.46. The molecule has 2 unspecified atom stereocenters. The number of hydrogen-bond donors (Lipinski definition) is 1. The van der Waals surface area contributed by atoms with Gasteiger partial charge in [-0.3, -0.25) is 0 Å². The highest BCUT2D eigenvalue weighted by molar-refractivity contribution is 4.81. The van der Waals surface area contributed by atoms with E-state index in [4.69, 9.17) is 4.74 Å². The molecule has 0 bridgehead atoms. The Kier molecular flexibility index (Phi) is 7.82. The fraction of sp³-hybridized carbons (Fsp3) is 1.00. The van der Waals surface area contributed by atoms with Crippen LogP contribution in [0.3, 0.4) is 0 Å². The maximum atomic E-state index is 5.51. The largest absolute Gasteiger partial charge is 0.381 e. The zero-order chi connectivity index (χ0) is 13.4. The van der Waals surface area contributed by atoms with Crippen LogP contribution in [0.1, 0.15) is 19.8 Å². The van der Waals surface area contributed by atoms with Crippen molar-refractivity contribution in [1.82, 2.24) is 15.1 Å². The van der Waals surface area contributed by atoms with E-state index in [1.165, 1.54) is 19.4 Å². The highest BCUT2D eigenvalue weighted by Crippen LogP contribution is 2.17. The Morgan fingerprint density at radius 1 is 1.28 bits per heavy atom. The van der Waals surface area contributed by atoms with Crippen molar-refractivity contribution in [2.45, 2.75) is 25.8 Å². The topological polar surface area (TPSA) is 27.7 Å². The van der Waals surface area contributed by atoms with Crippen LogP contribution in [-0.2, 0) is 4.74 Å². The number of nitrogens with one attached hydrogen (secondary N) is 1. The van der Waals surface area contributed by atoms with Crippen molar-refractivity contribution < 1.29 is 4.74 Å². The molecule has 0 aliphatic carbocycles. The summed E-state index contributed by atoms with van der Waals surface area (Å²) < 4.78 is 5.51. The molecule has 1 rings (SSSR count). The van der Waals surface area contributed by atoms with E-state index in [2.05, 4.69) is 43.2 Å². The lowest BCUT2D eigenvalue weighted by Gasteiger charge is -2.30. The van der Waals surface area contributed by atoms with E-state index in [-0.39, 0.29) is 0 Å². The van der Waals surface area contributed by atoms with E-state index < -0.39 is 0 Å². The summed E-state index contributed by atoms with van der Waals surface area (Å²) in [4.78, 5) is 4.84. The van der Waals surface area contributed by atoms with Gasteiger partial charge in [0.1, 0.15) is 0 Å². The van der Waals surface area contributed by atoms with Gasteiger partial charge in [0, 0.05) is 38.2 Å². The van der Waals surface area contributed by atoms with Gasteiger partial charge in [0.05, 0.1) is 6.61 Å². The lowest BCUT2D eigenvalue weighted by atomic mass is 9.98. The van der Waals surface area contributed by atoms with Gasteiger partial charge in [0.15, 0.2) is 0 Å². The Morgan fingerprint density at radius 3 is 2.56 bits per heavy atom. The van der Waals surface area contributed by atoms with E-state index in [1.54, 1.807) is 0 Å². The van der Waals surface area contributed by atoms with Gasteiger partial charge in [-0.15, -0.1) is 0 Å². The second-order valence-corrected chi connectivity index (χ2v) is 5.62. The molecule has 1 saturated heterocycles. The standard InChI is InChI=1S/C14H31N3O/c1-5-7-17(9-8-16(3)4)11-14(15-2)13-6-10-18-12-13/h13-15H,5-12H2,1-4H3. The minimum atomic E-state index is 0.571. The predicted molar refractivity (Wildman–Crippen MR) is 77.1 cm³/mol. The fourth-order valence-electron chi connectivity index (χ4n) is 2.58. The fourth-order valence-corrected chi connectivity index (χ4v) is 2.58. The summed E-state index contributed by atoms with van der Waals surface area (Å²) in [6.07, 6.45) is 2.43. The van der Waals surface area contributed by atoms with Crippen molar-refractivity contribution >= 4 is 0 Å². The summed E-state index contributed by atoms with van der Waals surface area (Å²) in [5.41, 5.74) is 0. The van der Waals surface area contributed by atoms with Gasteiger partial charge in [-0.1, -0.05) is 6.92 Å². The molecule has 4 heteroatoms. The van der Waals surface area contributed by atoms with Gasteiger partial charge in [-0.05, 0) is 40.5 Å². The first-order chi connectivity index (χ1) is 8.67. The normalized spacial score (nSPS) is 22.0. The first-order valence-electron chi connectivity index (χ1n) is 7.29. The Balaban J connectivity index is 2.40. The molecule has 2 atom stereocenters. The molecule has 0 aromatic heterocycles. The molecule has 0 radical (unpaired) electrons.